The summed E-state index contributed by atoms with van der Waals surface area (Å²) in [6.45, 7) is 7.47. The summed E-state index contributed by atoms with van der Waals surface area (Å²) in [5, 5.41) is 13.3. The monoisotopic (exact) mass is 390 g/mol. The molecule has 1 amide bonds. The number of pyridine rings is 1. The third-order valence-corrected chi connectivity index (χ3v) is 4.97. The molecule has 0 fully saturated rings. The summed E-state index contributed by atoms with van der Waals surface area (Å²) < 4.78 is 13.9. The second-order valence-corrected chi connectivity index (χ2v) is 6.81. The van der Waals surface area contributed by atoms with Crippen LogP contribution in [0.4, 0.5) is 10.1 Å². The largest absolute Gasteiger partial charge is 0.379 e. The van der Waals surface area contributed by atoms with E-state index >= 15 is 0 Å². The number of nitriles is 1. The average Bonchev–Trinajstić information content (AvgIpc) is 2.73. The van der Waals surface area contributed by atoms with E-state index in [0.717, 1.165) is 5.56 Å². The second kappa shape index (κ2) is 8.70. The van der Waals surface area contributed by atoms with Gasteiger partial charge in [0, 0.05) is 36.8 Å². The van der Waals surface area contributed by atoms with Crippen molar-refractivity contribution in [1.29, 1.82) is 5.26 Å². The minimum absolute atomic E-state index is 0.00681. The summed E-state index contributed by atoms with van der Waals surface area (Å²) >= 11 is 0. The Morgan fingerprint density at radius 2 is 1.90 bits per heavy atom. The molecule has 148 valence electrons. The minimum Gasteiger partial charge on any atom is -0.379 e. The first kappa shape index (κ1) is 20.3. The maximum absolute atomic E-state index is 13.9. The van der Waals surface area contributed by atoms with Gasteiger partial charge in [0.15, 0.2) is 0 Å². The van der Waals surface area contributed by atoms with E-state index in [0.29, 0.717) is 52.9 Å². The number of rotatable bonds is 6. The summed E-state index contributed by atoms with van der Waals surface area (Å²) in [6.07, 6.45) is 1.50. The highest BCUT2D eigenvalue weighted by atomic mass is 19.1. The molecule has 0 saturated carbocycles. The molecule has 3 rings (SSSR count). The molecule has 0 unspecified atom stereocenters. The van der Waals surface area contributed by atoms with Crippen LogP contribution in [-0.4, -0.2) is 28.9 Å². The molecule has 0 aliphatic heterocycles. The fourth-order valence-corrected chi connectivity index (χ4v) is 3.36. The molecule has 0 atom stereocenters. The first-order valence-electron chi connectivity index (χ1n) is 9.59. The van der Waals surface area contributed by atoms with Gasteiger partial charge in [-0.15, -0.1) is 0 Å². The number of carbonyl (C=O) groups is 1. The first-order chi connectivity index (χ1) is 14.0. The topological polar surface area (TPSA) is 69.0 Å². The van der Waals surface area contributed by atoms with Crippen LogP contribution in [0.25, 0.3) is 10.9 Å². The molecule has 0 bridgehead atoms. The van der Waals surface area contributed by atoms with Gasteiger partial charge in [-0.2, -0.15) is 5.26 Å². The van der Waals surface area contributed by atoms with E-state index in [-0.39, 0.29) is 11.7 Å². The maximum atomic E-state index is 13.9. The molecule has 0 saturated heterocycles. The summed E-state index contributed by atoms with van der Waals surface area (Å²) in [7, 11) is 0. The van der Waals surface area contributed by atoms with Crippen molar-refractivity contribution in [2.24, 2.45) is 0 Å². The molecule has 1 heterocycles. The van der Waals surface area contributed by atoms with Crippen molar-refractivity contribution in [2.75, 3.05) is 18.4 Å². The van der Waals surface area contributed by atoms with Crippen LogP contribution in [0.1, 0.15) is 40.9 Å². The van der Waals surface area contributed by atoms with Gasteiger partial charge in [-0.05, 0) is 56.2 Å². The molecule has 0 radical (unpaired) electrons. The van der Waals surface area contributed by atoms with E-state index < -0.39 is 0 Å². The van der Waals surface area contributed by atoms with Gasteiger partial charge in [-0.25, -0.2) is 4.39 Å². The van der Waals surface area contributed by atoms with Crippen molar-refractivity contribution in [3.8, 4) is 6.07 Å². The number of fused-ring (bicyclic) bond motifs is 1. The van der Waals surface area contributed by atoms with Crippen LogP contribution in [0.5, 0.6) is 0 Å². The lowest BCUT2D eigenvalue weighted by Crippen LogP contribution is -2.30. The molecule has 0 spiro atoms. The van der Waals surface area contributed by atoms with E-state index in [2.05, 4.69) is 16.4 Å². The lowest BCUT2D eigenvalue weighted by atomic mass is 10.1. The molecule has 2 aromatic carbocycles. The maximum Gasteiger partial charge on any atom is 0.253 e. The molecule has 0 aliphatic carbocycles. The third kappa shape index (κ3) is 4.19. The molecule has 3 aromatic rings. The number of hydrogen-bond donors (Lipinski definition) is 1. The third-order valence-electron chi connectivity index (χ3n) is 4.97. The number of nitrogens with one attached hydrogen (secondary N) is 1. The van der Waals surface area contributed by atoms with Gasteiger partial charge in [0.1, 0.15) is 11.9 Å². The number of hydrogen-bond acceptors (Lipinski definition) is 4. The molecule has 0 aliphatic rings. The Morgan fingerprint density at radius 3 is 2.52 bits per heavy atom. The van der Waals surface area contributed by atoms with Crippen molar-refractivity contribution >= 4 is 22.5 Å². The Bertz CT molecular complexity index is 1080. The summed E-state index contributed by atoms with van der Waals surface area (Å²) in [6, 6.07) is 12.3. The number of nitrogens with zero attached hydrogens (tertiary/aromatic N) is 3. The van der Waals surface area contributed by atoms with Gasteiger partial charge in [0.25, 0.3) is 5.91 Å². The highest BCUT2D eigenvalue weighted by Gasteiger charge is 2.14. The molecule has 1 aromatic heterocycles. The first-order valence-corrected chi connectivity index (χ1v) is 9.59. The Labute approximate surface area is 169 Å². The van der Waals surface area contributed by atoms with Gasteiger partial charge < -0.3 is 10.2 Å². The molecule has 6 heteroatoms. The second-order valence-electron chi connectivity index (χ2n) is 6.81. The van der Waals surface area contributed by atoms with E-state index in [1.807, 2.05) is 26.0 Å². The smallest absolute Gasteiger partial charge is 0.253 e. The van der Waals surface area contributed by atoms with Gasteiger partial charge in [-0.1, -0.05) is 12.1 Å². The van der Waals surface area contributed by atoms with Crippen LogP contribution in [0.3, 0.4) is 0 Å². The summed E-state index contributed by atoms with van der Waals surface area (Å²) in [4.78, 5) is 18.5. The number of amides is 1. The van der Waals surface area contributed by atoms with Gasteiger partial charge in [0.05, 0.1) is 16.8 Å². The zero-order valence-electron chi connectivity index (χ0n) is 16.8. The van der Waals surface area contributed by atoms with Crippen LogP contribution in [-0.2, 0) is 6.54 Å². The molecule has 29 heavy (non-hydrogen) atoms. The number of benzene rings is 2. The Kier molecular flexibility index (Phi) is 6.08. The fourth-order valence-electron chi connectivity index (χ4n) is 3.36. The Hall–Kier alpha value is -3.46. The van der Waals surface area contributed by atoms with Crippen molar-refractivity contribution in [2.45, 2.75) is 27.3 Å². The van der Waals surface area contributed by atoms with E-state index in [1.165, 1.54) is 18.3 Å². The molecule has 5 nitrogen and oxygen atoms in total. The zero-order valence-corrected chi connectivity index (χ0v) is 16.8. The molecule has 1 N–H and O–H groups in total. The van der Waals surface area contributed by atoms with Crippen LogP contribution in [0.15, 0.2) is 42.6 Å². The Balaban J connectivity index is 1.86. The fraction of sp³-hybridized carbons (Fsp3) is 0.261. The SMILES string of the molecule is CCN(CC)C(=O)c1ccc(CNc2c(C#N)cnc3c(C)cc(F)cc23)cc1. The lowest BCUT2D eigenvalue weighted by Gasteiger charge is -2.18. The van der Waals surface area contributed by atoms with Crippen LogP contribution >= 0.6 is 0 Å². The van der Waals surface area contributed by atoms with Gasteiger partial charge in [-0.3, -0.25) is 9.78 Å². The van der Waals surface area contributed by atoms with E-state index in [9.17, 15) is 14.4 Å². The van der Waals surface area contributed by atoms with Crippen molar-refractivity contribution in [3.05, 3.63) is 70.7 Å². The van der Waals surface area contributed by atoms with Crippen molar-refractivity contribution < 1.29 is 9.18 Å². The Morgan fingerprint density at radius 1 is 1.21 bits per heavy atom. The molecular weight excluding hydrogens is 367 g/mol. The minimum atomic E-state index is -0.366. The highest BCUT2D eigenvalue weighted by Crippen LogP contribution is 2.29. The van der Waals surface area contributed by atoms with Crippen LogP contribution in [0, 0.1) is 24.1 Å². The number of aryl methyl sites for hydroxylation is 1. The number of halogens is 1. The highest BCUT2D eigenvalue weighted by molar-refractivity contribution is 5.96. The average molecular weight is 390 g/mol. The van der Waals surface area contributed by atoms with Crippen molar-refractivity contribution in [3.63, 3.8) is 0 Å². The van der Waals surface area contributed by atoms with Gasteiger partial charge in [0.2, 0.25) is 0 Å². The van der Waals surface area contributed by atoms with E-state index in [4.69, 9.17) is 0 Å². The number of anilines is 1. The lowest BCUT2D eigenvalue weighted by molar-refractivity contribution is 0.0773. The summed E-state index contributed by atoms with van der Waals surface area (Å²) in [5.74, 6) is -0.360. The van der Waals surface area contributed by atoms with Crippen LogP contribution < -0.4 is 5.32 Å². The summed E-state index contributed by atoms with van der Waals surface area (Å²) in [5.41, 5.74) is 3.88. The standard InChI is InChI=1S/C23H23FN4O/c1-4-28(5-2)23(29)17-8-6-16(7-9-17)13-26-22-18(12-25)14-27-21-15(3)10-19(24)11-20(21)22/h6-11,14H,4-5,13H2,1-3H3,(H,26,27). The molecular formula is C23H23FN4O. The van der Waals surface area contributed by atoms with E-state index in [1.54, 1.807) is 24.0 Å². The normalized spacial score (nSPS) is 10.6. The predicted molar refractivity (Wildman–Crippen MR) is 112 cm³/mol. The number of aromatic nitrogens is 1. The van der Waals surface area contributed by atoms with Crippen LogP contribution in [0.2, 0.25) is 0 Å². The van der Waals surface area contributed by atoms with Gasteiger partial charge >= 0.3 is 0 Å². The zero-order chi connectivity index (χ0) is 21.0. The quantitative estimate of drug-likeness (QED) is 0.665. The number of carbonyl (C=O) groups excluding carboxylic acids is 1. The van der Waals surface area contributed by atoms with Crippen molar-refractivity contribution in [1.82, 2.24) is 9.88 Å². The predicted octanol–water partition coefficient (Wildman–Crippen LogP) is 4.65.